The summed E-state index contributed by atoms with van der Waals surface area (Å²) in [4.78, 5) is 28.4. The van der Waals surface area contributed by atoms with Crippen LogP contribution in [0.5, 0.6) is 5.88 Å². The molecule has 0 saturated heterocycles. The average molecular weight is 293 g/mol. The van der Waals surface area contributed by atoms with Gasteiger partial charge in [0.15, 0.2) is 11.5 Å². The highest BCUT2D eigenvalue weighted by atomic mass is 16.3. The molecule has 0 aliphatic carbocycles. The van der Waals surface area contributed by atoms with E-state index in [4.69, 9.17) is 5.73 Å². The predicted octanol–water partition coefficient (Wildman–Crippen LogP) is 1.45. The fourth-order valence-electron chi connectivity index (χ4n) is 1.88. The van der Waals surface area contributed by atoms with Gasteiger partial charge in [0.1, 0.15) is 0 Å². The monoisotopic (exact) mass is 293 g/mol. The minimum atomic E-state index is -0.355. The van der Waals surface area contributed by atoms with Crippen molar-refractivity contribution < 1.29 is 9.90 Å². The SMILES string of the molecule is Nc1ncc(-c2ccc(O)nc2)nc1C(=O)c1cccnc1. The molecule has 0 amide bonds. The lowest BCUT2D eigenvalue weighted by Crippen LogP contribution is -2.10. The van der Waals surface area contributed by atoms with E-state index in [1.54, 1.807) is 24.4 Å². The molecule has 0 atom stereocenters. The van der Waals surface area contributed by atoms with Crippen LogP contribution in [0.2, 0.25) is 0 Å². The number of anilines is 1. The van der Waals surface area contributed by atoms with E-state index in [9.17, 15) is 9.90 Å². The van der Waals surface area contributed by atoms with Crippen LogP contribution < -0.4 is 5.73 Å². The highest BCUT2D eigenvalue weighted by Gasteiger charge is 2.16. The van der Waals surface area contributed by atoms with Crippen LogP contribution in [-0.4, -0.2) is 30.8 Å². The first kappa shape index (κ1) is 13.6. The number of carbonyl (C=O) groups is 1. The van der Waals surface area contributed by atoms with Crippen molar-refractivity contribution in [3.8, 4) is 17.1 Å². The van der Waals surface area contributed by atoms with E-state index in [0.717, 1.165) is 0 Å². The van der Waals surface area contributed by atoms with Crippen LogP contribution in [0.3, 0.4) is 0 Å². The second-order valence-electron chi connectivity index (χ2n) is 4.46. The quantitative estimate of drug-likeness (QED) is 0.702. The lowest BCUT2D eigenvalue weighted by atomic mass is 10.1. The maximum Gasteiger partial charge on any atom is 0.216 e. The molecule has 3 rings (SSSR count). The number of rotatable bonds is 3. The summed E-state index contributed by atoms with van der Waals surface area (Å²) in [5.74, 6) is -0.408. The Morgan fingerprint density at radius 2 is 1.95 bits per heavy atom. The molecule has 0 bridgehead atoms. The fraction of sp³-hybridized carbons (Fsp3) is 0. The molecular formula is C15H11N5O2. The second kappa shape index (κ2) is 5.57. The number of carbonyl (C=O) groups excluding carboxylic acids is 1. The second-order valence-corrected chi connectivity index (χ2v) is 4.46. The van der Waals surface area contributed by atoms with Crippen LogP contribution in [-0.2, 0) is 0 Å². The Bertz CT molecular complexity index is 819. The van der Waals surface area contributed by atoms with Gasteiger partial charge in [-0.15, -0.1) is 0 Å². The maximum atomic E-state index is 12.4. The Kier molecular flexibility index (Phi) is 3.45. The zero-order valence-corrected chi connectivity index (χ0v) is 11.3. The van der Waals surface area contributed by atoms with Gasteiger partial charge >= 0.3 is 0 Å². The fourth-order valence-corrected chi connectivity index (χ4v) is 1.88. The highest BCUT2D eigenvalue weighted by molar-refractivity contribution is 6.10. The van der Waals surface area contributed by atoms with Gasteiger partial charge < -0.3 is 10.8 Å². The lowest BCUT2D eigenvalue weighted by molar-refractivity contribution is 0.103. The first-order chi connectivity index (χ1) is 10.6. The van der Waals surface area contributed by atoms with Gasteiger partial charge in [-0.1, -0.05) is 0 Å². The third-order valence-electron chi connectivity index (χ3n) is 2.98. The van der Waals surface area contributed by atoms with Gasteiger partial charge in [-0.2, -0.15) is 0 Å². The van der Waals surface area contributed by atoms with E-state index in [0.29, 0.717) is 16.8 Å². The van der Waals surface area contributed by atoms with E-state index < -0.39 is 0 Å². The Morgan fingerprint density at radius 1 is 1.09 bits per heavy atom. The molecule has 0 spiro atoms. The third kappa shape index (κ3) is 2.59. The zero-order chi connectivity index (χ0) is 15.5. The molecule has 3 N–H and O–H groups in total. The number of hydrogen-bond acceptors (Lipinski definition) is 7. The number of nitrogens with two attached hydrogens (primary N) is 1. The van der Waals surface area contributed by atoms with Crippen molar-refractivity contribution in [1.82, 2.24) is 19.9 Å². The molecule has 22 heavy (non-hydrogen) atoms. The molecule has 0 unspecified atom stereocenters. The molecule has 108 valence electrons. The van der Waals surface area contributed by atoms with E-state index in [-0.39, 0.29) is 23.2 Å². The molecule has 0 aliphatic rings. The van der Waals surface area contributed by atoms with E-state index in [1.807, 2.05) is 0 Å². The van der Waals surface area contributed by atoms with Crippen molar-refractivity contribution >= 4 is 11.6 Å². The first-order valence-corrected chi connectivity index (χ1v) is 6.38. The summed E-state index contributed by atoms with van der Waals surface area (Å²) in [6.07, 6.45) is 5.90. The highest BCUT2D eigenvalue weighted by Crippen LogP contribution is 2.20. The van der Waals surface area contributed by atoms with Crippen molar-refractivity contribution in [3.63, 3.8) is 0 Å². The number of ketones is 1. The molecule has 0 aliphatic heterocycles. The summed E-state index contributed by atoms with van der Waals surface area (Å²) in [5.41, 5.74) is 7.25. The first-order valence-electron chi connectivity index (χ1n) is 6.38. The summed E-state index contributed by atoms with van der Waals surface area (Å²) in [6.45, 7) is 0. The van der Waals surface area contributed by atoms with E-state index >= 15 is 0 Å². The largest absolute Gasteiger partial charge is 0.493 e. The molecule has 7 nitrogen and oxygen atoms in total. The zero-order valence-electron chi connectivity index (χ0n) is 11.3. The number of aromatic hydroxyl groups is 1. The van der Waals surface area contributed by atoms with Gasteiger partial charge in [-0.3, -0.25) is 9.78 Å². The van der Waals surface area contributed by atoms with Gasteiger partial charge in [0.25, 0.3) is 0 Å². The van der Waals surface area contributed by atoms with Crippen LogP contribution in [0.25, 0.3) is 11.3 Å². The number of nitrogens with zero attached hydrogens (tertiary/aromatic N) is 4. The smallest absolute Gasteiger partial charge is 0.216 e. The summed E-state index contributed by atoms with van der Waals surface area (Å²) in [6, 6.07) is 6.34. The molecule has 0 fully saturated rings. The van der Waals surface area contributed by atoms with Gasteiger partial charge in [0.05, 0.1) is 11.9 Å². The van der Waals surface area contributed by atoms with Crippen molar-refractivity contribution in [1.29, 1.82) is 0 Å². The summed E-state index contributed by atoms with van der Waals surface area (Å²) in [5, 5.41) is 9.21. The van der Waals surface area contributed by atoms with Gasteiger partial charge in [0, 0.05) is 35.8 Å². The maximum absolute atomic E-state index is 12.4. The summed E-state index contributed by atoms with van der Waals surface area (Å²) >= 11 is 0. The number of hydrogen-bond donors (Lipinski definition) is 2. The van der Waals surface area contributed by atoms with Crippen molar-refractivity contribution in [2.24, 2.45) is 0 Å². The molecule has 0 aromatic carbocycles. The Morgan fingerprint density at radius 3 is 2.64 bits per heavy atom. The number of nitrogen functional groups attached to an aromatic ring is 1. The summed E-state index contributed by atoms with van der Waals surface area (Å²) < 4.78 is 0. The normalized spacial score (nSPS) is 10.4. The lowest BCUT2D eigenvalue weighted by Gasteiger charge is -2.06. The standard InChI is InChI=1S/C15H11N5O2/c16-15-13(14(22)10-2-1-5-17-6-10)20-11(8-19-15)9-3-4-12(21)18-7-9/h1-8H,(H2,16,19)(H,18,21). The molecule has 3 aromatic rings. The number of pyridine rings is 2. The third-order valence-corrected chi connectivity index (χ3v) is 2.98. The van der Waals surface area contributed by atoms with E-state index in [1.165, 1.54) is 24.7 Å². The summed E-state index contributed by atoms with van der Waals surface area (Å²) in [7, 11) is 0. The topological polar surface area (TPSA) is 115 Å². The molecular weight excluding hydrogens is 282 g/mol. The minimum absolute atomic E-state index is 0.0457. The van der Waals surface area contributed by atoms with E-state index in [2.05, 4.69) is 19.9 Å². The van der Waals surface area contributed by atoms with Crippen LogP contribution in [0, 0.1) is 0 Å². The van der Waals surface area contributed by atoms with Crippen molar-refractivity contribution in [3.05, 3.63) is 60.3 Å². The Hall–Kier alpha value is -3.35. The van der Waals surface area contributed by atoms with Crippen LogP contribution in [0.15, 0.2) is 49.1 Å². The molecule has 7 heteroatoms. The van der Waals surface area contributed by atoms with Crippen LogP contribution >= 0.6 is 0 Å². The average Bonchev–Trinajstić information content (AvgIpc) is 2.56. The van der Waals surface area contributed by atoms with Gasteiger partial charge in [0.2, 0.25) is 11.7 Å². The molecule has 3 heterocycles. The van der Waals surface area contributed by atoms with Crippen LogP contribution in [0.4, 0.5) is 5.82 Å². The van der Waals surface area contributed by atoms with Gasteiger partial charge in [-0.05, 0) is 18.2 Å². The van der Waals surface area contributed by atoms with Crippen LogP contribution in [0.1, 0.15) is 16.1 Å². The minimum Gasteiger partial charge on any atom is -0.493 e. The predicted molar refractivity (Wildman–Crippen MR) is 79.0 cm³/mol. The van der Waals surface area contributed by atoms with Crippen molar-refractivity contribution in [2.45, 2.75) is 0 Å². The number of aromatic nitrogens is 4. The Balaban J connectivity index is 2.04. The molecule has 3 aromatic heterocycles. The molecule has 0 radical (unpaired) electrons. The van der Waals surface area contributed by atoms with Crippen molar-refractivity contribution in [2.75, 3.05) is 5.73 Å². The Labute approximate surface area is 125 Å². The van der Waals surface area contributed by atoms with Gasteiger partial charge in [-0.25, -0.2) is 15.0 Å². The molecule has 0 saturated carbocycles.